The Bertz CT molecular complexity index is 804. The van der Waals surface area contributed by atoms with Crippen LogP contribution in [-0.2, 0) is 4.74 Å². The predicted molar refractivity (Wildman–Crippen MR) is 81.9 cm³/mol. The Morgan fingerprint density at radius 2 is 2.13 bits per heavy atom. The summed E-state index contributed by atoms with van der Waals surface area (Å²) in [7, 11) is 1.75. The van der Waals surface area contributed by atoms with Gasteiger partial charge < -0.3 is 30.4 Å². The second-order valence-corrected chi connectivity index (χ2v) is 5.72. The Morgan fingerprint density at radius 1 is 1.35 bits per heavy atom. The number of nitrogens with zero attached hydrogens (tertiary/aromatic N) is 4. The lowest BCUT2D eigenvalue weighted by Gasteiger charge is -2.19. The second-order valence-electron chi connectivity index (χ2n) is 5.72. The summed E-state index contributed by atoms with van der Waals surface area (Å²) in [5, 5.41) is 36.1. The maximum absolute atomic E-state index is 10.3. The number of hydrazone groups is 1. The quantitative estimate of drug-likeness (QED) is 0.542. The lowest BCUT2D eigenvalue weighted by molar-refractivity contribution is -0.0506. The fourth-order valence-corrected chi connectivity index (χ4v) is 3.21. The van der Waals surface area contributed by atoms with E-state index in [2.05, 4.69) is 10.1 Å². The first-order valence-electron chi connectivity index (χ1n) is 7.23. The molecule has 122 valence electrons. The number of aliphatic hydroxyl groups excluding tert-OH is 3. The van der Waals surface area contributed by atoms with Crippen molar-refractivity contribution in [1.29, 1.82) is 0 Å². The molecule has 4 atom stereocenters. The molecule has 5 N–H and O–H groups in total. The van der Waals surface area contributed by atoms with E-state index < -0.39 is 24.5 Å². The van der Waals surface area contributed by atoms with Crippen molar-refractivity contribution in [3.63, 3.8) is 0 Å². The van der Waals surface area contributed by atoms with E-state index in [0.717, 1.165) is 10.9 Å². The highest BCUT2D eigenvalue weighted by Crippen LogP contribution is 2.37. The van der Waals surface area contributed by atoms with E-state index in [1.165, 1.54) is 0 Å². The molecule has 2 aliphatic rings. The van der Waals surface area contributed by atoms with Gasteiger partial charge in [-0.2, -0.15) is 5.10 Å². The number of aromatic nitrogens is 2. The van der Waals surface area contributed by atoms with Crippen LogP contribution >= 0.6 is 0 Å². The maximum Gasteiger partial charge on any atom is 0.163 e. The van der Waals surface area contributed by atoms with Gasteiger partial charge in [-0.05, 0) is 6.07 Å². The number of hydrogen-bond acceptors (Lipinski definition) is 8. The molecule has 0 aromatic carbocycles. The van der Waals surface area contributed by atoms with Gasteiger partial charge >= 0.3 is 0 Å². The maximum atomic E-state index is 10.3. The minimum atomic E-state index is -1.16. The minimum absolute atomic E-state index is 0.337. The molecular formula is C14H17N5O4. The highest BCUT2D eigenvalue weighted by atomic mass is 16.6. The third-order valence-electron chi connectivity index (χ3n) is 4.36. The second kappa shape index (κ2) is 4.90. The summed E-state index contributed by atoms with van der Waals surface area (Å²) < 4.78 is 7.30. The van der Waals surface area contributed by atoms with Gasteiger partial charge in [0.05, 0.1) is 17.5 Å². The van der Waals surface area contributed by atoms with E-state index in [0.29, 0.717) is 17.2 Å². The highest BCUT2D eigenvalue weighted by Gasteiger charge is 2.44. The number of pyridine rings is 1. The van der Waals surface area contributed by atoms with Gasteiger partial charge in [-0.3, -0.25) is 0 Å². The molecule has 0 bridgehead atoms. The lowest BCUT2D eigenvalue weighted by Crippen LogP contribution is -2.33. The molecule has 2 aromatic rings. The fraction of sp³-hybridized carbons (Fsp3) is 0.429. The van der Waals surface area contributed by atoms with Gasteiger partial charge in [0, 0.05) is 25.0 Å². The highest BCUT2D eigenvalue weighted by molar-refractivity contribution is 6.14. The van der Waals surface area contributed by atoms with Gasteiger partial charge in [0.15, 0.2) is 17.9 Å². The van der Waals surface area contributed by atoms with Crippen molar-refractivity contribution < 1.29 is 20.1 Å². The summed E-state index contributed by atoms with van der Waals surface area (Å²) >= 11 is 0. The zero-order valence-corrected chi connectivity index (χ0v) is 12.4. The average molecular weight is 319 g/mol. The topological polar surface area (TPSA) is 129 Å². The number of hydrogen-bond donors (Lipinski definition) is 4. The Kier molecular flexibility index (Phi) is 3.07. The van der Waals surface area contributed by atoms with E-state index in [1.807, 2.05) is 0 Å². The molecule has 0 spiro atoms. The van der Waals surface area contributed by atoms with Gasteiger partial charge in [-0.15, -0.1) is 0 Å². The van der Waals surface area contributed by atoms with Gasteiger partial charge in [0.25, 0.3) is 0 Å². The van der Waals surface area contributed by atoms with Gasteiger partial charge in [0.1, 0.15) is 18.3 Å². The molecule has 4 heterocycles. The summed E-state index contributed by atoms with van der Waals surface area (Å²) in [6.07, 6.45) is -0.634. The smallest absolute Gasteiger partial charge is 0.163 e. The Morgan fingerprint density at radius 3 is 2.83 bits per heavy atom. The molecule has 1 saturated heterocycles. The SMILES string of the molecule is CN1N=C(N)c2cn([C@@H]3O[C@H](CO)[C@@H](O)C3O)c3ccnc1c23. The molecule has 4 rings (SSSR count). The van der Waals surface area contributed by atoms with Crippen LogP contribution in [0.3, 0.4) is 0 Å². The molecule has 9 heteroatoms. The van der Waals surface area contributed by atoms with Crippen LogP contribution in [0.25, 0.3) is 10.9 Å². The van der Waals surface area contributed by atoms with Crippen LogP contribution < -0.4 is 10.7 Å². The molecule has 0 radical (unpaired) electrons. The van der Waals surface area contributed by atoms with Crippen LogP contribution in [0.1, 0.15) is 11.8 Å². The van der Waals surface area contributed by atoms with Crippen molar-refractivity contribution in [2.24, 2.45) is 10.8 Å². The van der Waals surface area contributed by atoms with Crippen molar-refractivity contribution in [2.45, 2.75) is 24.5 Å². The molecular weight excluding hydrogens is 302 g/mol. The van der Waals surface area contributed by atoms with Crippen molar-refractivity contribution in [1.82, 2.24) is 9.55 Å². The molecule has 0 amide bonds. The molecule has 1 unspecified atom stereocenters. The predicted octanol–water partition coefficient (Wildman–Crippen LogP) is -1.28. The zero-order chi connectivity index (χ0) is 16.3. The van der Waals surface area contributed by atoms with E-state index in [9.17, 15) is 15.3 Å². The van der Waals surface area contributed by atoms with Crippen LogP contribution in [-0.4, -0.2) is 62.7 Å². The van der Waals surface area contributed by atoms with E-state index in [4.69, 9.17) is 10.5 Å². The van der Waals surface area contributed by atoms with Gasteiger partial charge in [-0.25, -0.2) is 9.99 Å². The largest absolute Gasteiger partial charge is 0.394 e. The van der Waals surface area contributed by atoms with Crippen LogP contribution in [0.15, 0.2) is 23.6 Å². The lowest BCUT2D eigenvalue weighted by atomic mass is 10.1. The van der Waals surface area contributed by atoms with Crippen LogP contribution in [0, 0.1) is 0 Å². The summed E-state index contributed by atoms with van der Waals surface area (Å²) in [5.74, 6) is 0.987. The van der Waals surface area contributed by atoms with Crippen molar-refractivity contribution in [3.05, 3.63) is 24.0 Å². The first kappa shape index (κ1) is 14.4. The minimum Gasteiger partial charge on any atom is -0.394 e. The number of amidine groups is 1. The molecule has 2 aromatic heterocycles. The Hall–Kier alpha value is -2.20. The molecule has 9 nitrogen and oxygen atoms in total. The number of ether oxygens (including phenoxy) is 1. The standard InChI is InChI=1S/C14H17N5O4/c1-18-13-9-6(12(15)17-18)4-19(7(9)2-3-16-13)14-11(22)10(21)8(5-20)23-14/h2-4,8,10-11,14,20-22H,5H2,1H3,(H2,15,17)/t8-,10-,11?,14-/m1/s1. The van der Waals surface area contributed by atoms with Gasteiger partial charge in [-0.1, -0.05) is 0 Å². The van der Waals surface area contributed by atoms with E-state index >= 15 is 0 Å². The number of rotatable bonds is 2. The molecule has 23 heavy (non-hydrogen) atoms. The molecule has 0 aliphatic carbocycles. The molecule has 1 fully saturated rings. The normalized spacial score (nSPS) is 30.1. The third kappa shape index (κ3) is 1.88. The van der Waals surface area contributed by atoms with Crippen LogP contribution in [0.2, 0.25) is 0 Å². The van der Waals surface area contributed by atoms with Crippen LogP contribution in [0.4, 0.5) is 5.82 Å². The van der Waals surface area contributed by atoms with Crippen molar-refractivity contribution in [3.8, 4) is 0 Å². The summed E-state index contributed by atoms with van der Waals surface area (Å²) in [4.78, 5) is 4.32. The number of nitrogens with two attached hydrogens (primary N) is 1. The van der Waals surface area contributed by atoms with E-state index in [1.54, 1.807) is 35.1 Å². The molecule has 2 aliphatic heterocycles. The monoisotopic (exact) mass is 319 g/mol. The average Bonchev–Trinajstić information content (AvgIpc) is 3.05. The van der Waals surface area contributed by atoms with E-state index in [-0.39, 0.29) is 6.61 Å². The number of aliphatic hydroxyl groups is 3. The first-order valence-corrected chi connectivity index (χ1v) is 7.23. The molecule has 0 saturated carbocycles. The Labute approximate surface area is 131 Å². The van der Waals surface area contributed by atoms with Gasteiger partial charge in [0.2, 0.25) is 0 Å². The first-order chi connectivity index (χ1) is 11.0. The summed E-state index contributed by atoms with van der Waals surface area (Å²) in [6.45, 7) is -0.375. The third-order valence-corrected chi connectivity index (χ3v) is 4.36. The van der Waals surface area contributed by atoms with Crippen molar-refractivity contribution >= 4 is 22.6 Å². The fourth-order valence-electron chi connectivity index (χ4n) is 3.21. The summed E-state index contributed by atoms with van der Waals surface area (Å²) in [5.41, 5.74) is 7.44. The van der Waals surface area contributed by atoms with Crippen LogP contribution in [0.5, 0.6) is 0 Å². The zero-order valence-electron chi connectivity index (χ0n) is 12.4. The Balaban J connectivity index is 1.89. The number of anilines is 1. The summed E-state index contributed by atoms with van der Waals surface area (Å²) in [6, 6.07) is 1.78. The van der Waals surface area contributed by atoms with Crippen molar-refractivity contribution in [2.75, 3.05) is 18.7 Å².